The van der Waals surface area contributed by atoms with Crippen molar-refractivity contribution in [1.82, 2.24) is 24.2 Å². The number of aromatic nitrogens is 4. The topological polar surface area (TPSA) is 127 Å². The van der Waals surface area contributed by atoms with Crippen LogP contribution < -0.4 is 15.8 Å². The quantitative estimate of drug-likeness (QED) is 0.289. The minimum atomic E-state index is -2.38. The lowest BCUT2D eigenvalue weighted by Gasteiger charge is -2.36. The molecule has 4 aromatic rings. The highest BCUT2D eigenvalue weighted by Crippen LogP contribution is 2.25. The van der Waals surface area contributed by atoms with Crippen LogP contribution in [-0.4, -0.2) is 78.8 Å². The Morgan fingerprint density at radius 1 is 1.09 bits per heavy atom. The van der Waals surface area contributed by atoms with Gasteiger partial charge in [-0.2, -0.15) is 9.35 Å². The van der Waals surface area contributed by atoms with Gasteiger partial charge >= 0.3 is 6.09 Å². The average Bonchev–Trinajstić information content (AvgIpc) is 3.22. The number of fused-ring (bicyclic) bond motifs is 1. The fraction of sp³-hybridized carbons (Fsp3) is 0.355. The van der Waals surface area contributed by atoms with Crippen LogP contribution in [0.3, 0.4) is 0 Å². The largest absolute Gasteiger partial charge is 0.444 e. The molecule has 0 aliphatic carbocycles. The van der Waals surface area contributed by atoms with Crippen LogP contribution in [0.1, 0.15) is 20.8 Å². The second kappa shape index (κ2) is 12.2. The summed E-state index contributed by atoms with van der Waals surface area (Å²) in [6.45, 7) is 12.2. The molecule has 0 radical (unpaired) electrons. The zero-order valence-electron chi connectivity index (χ0n) is 25.7. The van der Waals surface area contributed by atoms with E-state index in [1.165, 1.54) is 10.9 Å². The number of benzene rings is 2. The molecule has 44 heavy (non-hydrogen) atoms. The molecular weight excluding hydrogens is 580 g/mol. The Balaban J connectivity index is 1.37. The van der Waals surface area contributed by atoms with Crippen molar-refractivity contribution in [3.05, 3.63) is 77.7 Å². The van der Waals surface area contributed by atoms with Crippen LogP contribution in [0.15, 0.2) is 76.5 Å². The summed E-state index contributed by atoms with van der Waals surface area (Å²) in [7, 11) is -2.38. The molecule has 5 rings (SSSR count). The molecule has 1 N–H and O–H groups in total. The number of carbonyl (C=O) groups is 1. The fourth-order valence-corrected chi connectivity index (χ4v) is 5.55. The molecule has 1 aliphatic heterocycles. The number of hydrogen-bond acceptors (Lipinski definition) is 9. The highest BCUT2D eigenvalue weighted by molar-refractivity contribution is 7.92. The number of anilines is 3. The maximum absolute atomic E-state index is 13.3. The summed E-state index contributed by atoms with van der Waals surface area (Å²) < 4.78 is 25.4. The first-order valence-corrected chi connectivity index (χ1v) is 16.6. The Labute approximate surface area is 257 Å². The fourth-order valence-electron chi connectivity index (χ4n) is 4.93. The van der Waals surface area contributed by atoms with Gasteiger partial charge in [0, 0.05) is 66.0 Å². The molecule has 12 nitrogen and oxygen atoms in total. The van der Waals surface area contributed by atoms with Crippen LogP contribution in [-0.2, 0) is 21.0 Å². The summed E-state index contributed by atoms with van der Waals surface area (Å²) >= 11 is 0. The molecule has 0 atom stereocenters. The van der Waals surface area contributed by atoms with E-state index >= 15 is 0 Å². The van der Waals surface area contributed by atoms with E-state index in [4.69, 9.17) is 9.72 Å². The Morgan fingerprint density at radius 3 is 2.43 bits per heavy atom. The van der Waals surface area contributed by atoms with Crippen molar-refractivity contribution in [2.75, 3.05) is 48.9 Å². The first-order chi connectivity index (χ1) is 20.8. The number of carbonyl (C=O) groups excluding carboxylic acids is 1. The van der Waals surface area contributed by atoms with E-state index in [1.54, 1.807) is 46.4 Å². The van der Waals surface area contributed by atoms with Crippen molar-refractivity contribution in [2.24, 2.45) is 4.36 Å². The van der Waals surface area contributed by atoms with Gasteiger partial charge in [-0.25, -0.2) is 23.4 Å². The van der Waals surface area contributed by atoms with Crippen molar-refractivity contribution in [3.63, 3.8) is 0 Å². The summed E-state index contributed by atoms with van der Waals surface area (Å²) in [4.78, 5) is 38.8. The summed E-state index contributed by atoms with van der Waals surface area (Å²) in [6.07, 6.45) is 6.02. The lowest BCUT2D eigenvalue weighted by Crippen LogP contribution is -2.50. The van der Waals surface area contributed by atoms with E-state index in [-0.39, 0.29) is 18.2 Å². The zero-order chi connectivity index (χ0) is 31.6. The van der Waals surface area contributed by atoms with Gasteiger partial charge in [-0.05, 0) is 63.2 Å². The van der Waals surface area contributed by atoms with E-state index in [0.29, 0.717) is 54.5 Å². The molecule has 13 heteroatoms. The Hall–Kier alpha value is -4.65. The lowest BCUT2D eigenvalue weighted by molar-refractivity contribution is 0.0240. The van der Waals surface area contributed by atoms with Crippen LogP contribution in [0.25, 0.3) is 16.7 Å². The summed E-state index contributed by atoms with van der Waals surface area (Å²) in [5.41, 5.74) is 2.65. The molecule has 1 saturated heterocycles. The molecular formula is C31H38N8O4S. The van der Waals surface area contributed by atoms with Crippen LogP contribution in [0.5, 0.6) is 0 Å². The average molecular weight is 619 g/mol. The van der Waals surface area contributed by atoms with E-state index in [9.17, 15) is 13.8 Å². The predicted octanol–water partition coefficient (Wildman–Crippen LogP) is 4.93. The van der Waals surface area contributed by atoms with Crippen LogP contribution >= 0.6 is 0 Å². The normalized spacial score (nSPS) is 14.0. The van der Waals surface area contributed by atoms with Crippen LogP contribution in [0.2, 0.25) is 0 Å². The lowest BCUT2D eigenvalue weighted by atomic mass is 10.2. The van der Waals surface area contributed by atoms with Crippen LogP contribution in [0, 0.1) is 0 Å². The van der Waals surface area contributed by atoms with Gasteiger partial charge in [0.2, 0.25) is 5.95 Å². The third kappa shape index (κ3) is 7.10. The van der Waals surface area contributed by atoms with Gasteiger partial charge in [0.1, 0.15) is 11.0 Å². The third-order valence-electron chi connectivity index (χ3n) is 6.80. The number of piperazine rings is 1. The Kier molecular flexibility index (Phi) is 8.51. The minimum absolute atomic E-state index is 0.250. The predicted molar refractivity (Wildman–Crippen MR) is 175 cm³/mol. The SMILES string of the molecule is C=CCn1c(=O)c2cnc(Nc3ccc(N4CCN(C(=O)OC(C)(C)C)CC4)cc3)nc2n1-c1cccc(N=S(C)(C)=O)c1. The number of amides is 1. The van der Waals surface area contributed by atoms with Gasteiger partial charge in [0.15, 0.2) is 5.65 Å². The summed E-state index contributed by atoms with van der Waals surface area (Å²) in [6, 6.07) is 15.1. The van der Waals surface area contributed by atoms with Crippen molar-refractivity contribution in [2.45, 2.75) is 32.9 Å². The zero-order valence-corrected chi connectivity index (χ0v) is 26.5. The maximum Gasteiger partial charge on any atom is 0.410 e. The number of allylic oxidation sites excluding steroid dienone is 1. The molecule has 232 valence electrons. The second-order valence-electron chi connectivity index (χ2n) is 11.8. The van der Waals surface area contributed by atoms with Gasteiger partial charge in [-0.15, -0.1) is 6.58 Å². The molecule has 0 bridgehead atoms. The molecule has 2 aromatic heterocycles. The van der Waals surface area contributed by atoms with Crippen LogP contribution in [0.4, 0.5) is 27.8 Å². The molecule has 0 unspecified atom stereocenters. The van der Waals surface area contributed by atoms with Crippen molar-refractivity contribution >= 4 is 49.9 Å². The van der Waals surface area contributed by atoms with Crippen molar-refractivity contribution in [1.29, 1.82) is 0 Å². The van der Waals surface area contributed by atoms with E-state index in [0.717, 1.165) is 11.4 Å². The Morgan fingerprint density at radius 2 is 1.80 bits per heavy atom. The van der Waals surface area contributed by atoms with E-state index in [1.807, 2.05) is 51.1 Å². The molecule has 0 saturated carbocycles. The highest BCUT2D eigenvalue weighted by Gasteiger charge is 2.26. The molecule has 0 spiro atoms. The van der Waals surface area contributed by atoms with Gasteiger partial charge < -0.3 is 19.9 Å². The minimum Gasteiger partial charge on any atom is -0.444 e. The molecule has 1 aliphatic rings. The number of nitrogens with one attached hydrogen (secondary N) is 1. The molecule has 1 fully saturated rings. The first kappa shape index (κ1) is 30.8. The summed E-state index contributed by atoms with van der Waals surface area (Å²) in [5.74, 6) is 0.326. The van der Waals surface area contributed by atoms with Gasteiger partial charge in [0.25, 0.3) is 5.56 Å². The van der Waals surface area contributed by atoms with Gasteiger partial charge in [-0.1, -0.05) is 12.1 Å². The second-order valence-corrected chi connectivity index (χ2v) is 14.4. The Bertz CT molecular complexity index is 1870. The number of ether oxygens (including phenoxy) is 1. The number of hydrogen-bond donors (Lipinski definition) is 1. The van der Waals surface area contributed by atoms with E-state index < -0.39 is 15.3 Å². The molecule has 3 heterocycles. The number of rotatable bonds is 7. The van der Waals surface area contributed by atoms with Gasteiger partial charge in [0.05, 0.1) is 17.9 Å². The first-order valence-electron chi connectivity index (χ1n) is 14.3. The highest BCUT2D eigenvalue weighted by atomic mass is 32.2. The maximum atomic E-state index is 13.3. The smallest absolute Gasteiger partial charge is 0.410 e. The molecule has 2 aromatic carbocycles. The third-order valence-corrected chi connectivity index (χ3v) is 7.45. The molecule has 1 amide bonds. The number of nitrogens with zero attached hydrogens (tertiary/aromatic N) is 7. The monoisotopic (exact) mass is 618 g/mol. The van der Waals surface area contributed by atoms with Crippen molar-refractivity contribution < 1.29 is 13.7 Å². The van der Waals surface area contributed by atoms with E-state index in [2.05, 4.69) is 26.1 Å². The standard InChI is InChI=1S/C31H38N8O4S/c1-7-15-38-28(40)26-21-32-29(34-27(26)39(38)25-10-8-9-23(20-25)35-44(5,6)42)33-22-11-13-24(14-12-22)36-16-18-37(19-17-36)30(41)43-31(2,3)4/h7-14,20-21H,1,15-19H2,2-6H3,(H,32,33,34). The van der Waals surface area contributed by atoms with Crippen molar-refractivity contribution in [3.8, 4) is 5.69 Å². The van der Waals surface area contributed by atoms with Gasteiger partial charge in [-0.3, -0.25) is 4.79 Å². The summed E-state index contributed by atoms with van der Waals surface area (Å²) in [5, 5.41) is 3.60.